The lowest BCUT2D eigenvalue weighted by Crippen LogP contribution is -2.42. The molecule has 2 amide bonds. The van der Waals surface area contributed by atoms with Gasteiger partial charge in [-0.1, -0.05) is 6.92 Å². The van der Waals surface area contributed by atoms with Crippen molar-refractivity contribution in [2.45, 2.75) is 45.1 Å². The second kappa shape index (κ2) is 9.52. The minimum atomic E-state index is -0.811. The van der Waals surface area contributed by atoms with Crippen molar-refractivity contribution in [2.24, 2.45) is 0 Å². The van der Waals surface area contributed by atoms with E-state index in [-0.39, 0.29) is 18.5 Å². The fraction of sp³-hybridized carbons (Fsp3) is 0.667. The van der Waals surface area contributed by atoms with Gasteiger partial charge in [-0.3, -0.25) is 4.79 Å². The predicted octanol–water partition coefficient (Wildman–Crippen LogP) is 1.34. The molecule has 0 fully saturated rings. The molecule has 3 N–H and O–H groups in total. The van der Waals surface area contributed by atoms with Crippen molar-refractivity contribution in [3.63, 3.8) is 0 Å². The molecule has 0 aromatic carbocycles. The molecule has 0 aromatic heterocycles. The van der Waals surface area contributed by atoms with Gasteiger partial charge in [-0.15, -0.1) is 12.3 Å². The van der Waals surface area contributed by atoms with Gasteiger partial charge >= 0.3 is 12.0 Å². The van der Waals surface area contributed by atoms with Gasteiger partial charge in [0.15, 0.2) is 0 Å². The van der Waals surface area contributed by atoms with Crippen molar-refractivity contribution >= 4 is 12.0 Å². The minimum absolute atomic E-state index is 0.000908. The molecule has 0 aliphatic rings. The van der Waals surface area contributed by atoms with E-state index in [1.165, 1.54) is 0 Å². The van der Waals surface area contributed by atoms with Crippen LogP contribution in [0.3, 0.4) is 0 Å². The number of hydrogen-bond acceptors (Lipinski definition) is 2. The molecule has 1 atom stereocenters. The summed E-state index contributed by atoms with van der Waals surface area (Å²) in [5.41, 5.74) is 0. The lowest BCUT2D eigenvalue weighted by atomic mass is 10.1. The van der Waals surface area contributed by atoms with Crippen LogP contribution in [-0.4, -0.2) is 29.7 Å². The Balaban J connectivity index is 3.58. The molecule has 0 saturated carbocycles. The summed E-state index contributed by atoms with van der Waals surface area (Å²) in [6.07, 6.45) is 7.84. The van der Waals surface area contributed by atoms with E-state index in [9.17, 15) is 9.59 Å². The van der Waals surface area contributed by atoms with Gasteiger partial charge in [0.1, 0.15) is 0 Å². The maximum atomic E-state index is 11.4. The van der Waals surface area contributed by atoms with Crippen LogP contribution in [0.1, 0.15) is 39.0 Å². The molecule has 17 heavy (non-hydrogen) atoms. The van der Waals surface area contributed by atoms with Gasteiger partial charge in [0.05, 0.1) is 0 Å². The van der Waals surface area contributed by atoms with Gasteiger partial charge in [0, 0.05) is 25.4 Å². The number of terminal acetylenes is 1. The highest BCUT2D eigenvalue weighted by molar-refractivity contribution is 5.74. The Morgan fingerprint density at radius 2 is 2.12 bits per heavy atom. The van der Waals surface area contributed by atoms with Crippen LogP contribution in [-0.2, 0) is 4.79 Å². The van der Waals surface area contributed by atoms with E-state index in [0.717, 1.165) is 6.42 Å². The Morgan fingerprint density at radius 3 is 2.65 bits per heavy atom. The van der Waals surface area contributed by atoms with Crippen LogP contribution >= 0.6 is 0 Å². The van der Waals surface area contributed by atoms with Gasteiger partial charge in [-0.05, 0) is 19.3 Å². The van der Waals surface area contributed by atoms with E-state index >= 15 is 0 Å². The largest absolute Gasteiger partial charge is 0.481 e. The SMILES string of the molecule is C#CCC(CC)NC(=O)NCCCCC(=O)O. The van der Waals surface area contributed by atoms with Gasteiger partial charge in [0.2, 0.25) is 0 Å². The van der Waals surface area contributed by atoms with Crippen molar-refractivity contribution in [3.05, 3.63) is 0 Å². The predicted molar refractivity (Wildman–Crippen MR) is 65.6 cm³/mol. The molecular formula is C12H20N2O3. The molecule has 1 unspecified atom stereocenters. The second-order valence-corrected chi connectivity index (χ2v) is 3.76. The van der Waals surface area contributed by atoms with E-state index in [2.05, 4.69) is 16.6 Å². The van der Waals surface area contributed by atoms with Crippen LogP contribution in [0.4, 0.5) is 4.79 Å². The molecule has 0 heterocycles. The van der Waals surface area contributed by atoms with Crippen LogP contribution in [0.25, 0.3) is 0 Å². The number of nitrogens with one attached hydrogen (secondary N) is 2. The minimum Gasteiger partial charge on any atom is -0.481 e. The first-order valence-corrected chi connectivity index (χ1v) is 5.79. The van der Waals surface area contributed by atoms with Crippen LogP contribution in [0.5, 0.6) is 0 Å². The standard InChI is InChI=1S/C12H20N2O3/c1-3-7-10(4-2)14-12(17)13-9-6-5-8-11(15)16/h1,10H,4-9H2,2H3,(H,15,16)(H2,13,14,17). The number of rotatable bonds is 8. The monoisotopic (exact) mass is 240 g/mol. The van der Waals surface area contributed by atoms with E-state index < -0.39 is 5.97 Å². The number of carbonyl (C=O) groups is 2. The number of carbonyl (C=O) groups excluding carboxylic acids is 1. The van der Waals surface area contributed by atoms with E-state index in [0.29, 0.717) is 25.8 Å². The molecule has 96 valence electrons. The Hall–Kier alpha value is -1.70. The molecule has 5 heteroatoms. The number of carboxylic acids is 1. The fourth-order valence-corrected chi connectivity index (χ4v) is 1.28. The lowest BCUT2D eigenvalue weighted by Gasteiger charge is -2.14. The highest BCUT2D eigenvalue weighted by Crippen LogP contribution is 1.96. The highest BCUT2D eigenvalue weighted by atomic mass is 16.4. The van der Waals surface area contributed by atoms with Crippen molar-refractivity contribution in [2.75, 3.05) is 6.54 Å². The highest BCUT2D eigenvalue weighted by Gasteiger charge is 2.07. The molecule has 0 saturated heterocycles. The van der Waals surface area contributed by atoms with Crippen molar-refractivity contribution < 1.29 is 14.7 Å². The summed E-state index contributed by atoms with van der Waals surface area (Å²) >= 11 is 0. The first-order valence-electron chi connectivity index (χ1n) is 5.79. The summed E-state index contributed by atoms with van der Waals surface area (Å²) in [6.45, 7) is 2.43. The van der Waals surface area contributed by atoms with E-state index in [1.807, 2.05) is 6.92 Å². The Morgan fingerprint density at radius 1 is 1.41 bits per heavy atom. The summed E-state index contributed by atoms with van der Waals surface area (Å²) in [5, 5.41) is 13.8. The average molecular weight is 240 g/mol. The maximum Gasteiger partial charge on any atom is 0.315 e. The van der Waals surface area contributed by atoms with E-state index in [1.54, 1.807) is 0 Å². The summed E-state index contributed by atoms with van der Waals surface area (Å²) < 4.78 is 0. The van der Waals surface area contributed by atoms with Gasteiger partial charge < -0.3 is 15.7 Å². The Labute approximate surface area is 102 Å². The zero-order valence-electron chi connectivity index (χ0n) is 10.2. The van der Waals surface area contributed by atoms with E-state index in [4.69, 9.17) is 11.5 Å². The van der Waals surface area contributed by atoms with Gasteiger partial charge in [0.25, 0.3) is 0 Å². The third-order valence-electron chi connectivity index (χ3n) is 2.30. The van der Waals surface area contributed by atoms with Crippen LogP contribution < -0.4 is 10.6 Å². The molecule has 0 spiro atoms. The average Bonchev–Trinajstić information content (AvgIpc) is 2.27. The number of aliphatic carboxylic acids is 1. The molecule has 5 nitrogen and oxygen atoms in total. The lowest BCUT2D eigenvalue weighted by molar-refractivity contribution is -0.137. The molecule has 0 aliphatic carbocycles. The summed E-state index contributed by atoms with van der Waals surface area (Å²) in [4.78, 5) is 21.6. The van der Waals surface area contributed by atoms with Crippen LogP contribution in [0, 0.1) is 12.3 Å². The quantitative estimate of drug-likeness (QED) is 0.442. The van der Waals surface area contributed by atoms with Crippen molar-refractivity contribution in [1.82, 2.24) is 10.6 Å². The normalized spacial score (nSPS) is 11.3. The summed E-state index contributed by atoms with van der Waals surface area (Å²) in [7, 11) is 0. The third-order valence-corrected chi connectivity index (χ3v) is 2.30. The number of amides is 2. The second-order valence-electron chi connectivity index (χ2n) is 3.76. The molecule has 0 rings (SSSR count). The van der Waals surface area contributed by atoms with Crippen LogP contribution in [0.15, 0.2) is 0 Å². The third kappa shape index (κ3) is 9.24. The number of unbranched alkanes of at least 4 members (excludes halogenated alkanes) is 1. The summed E-state index contributed by atoms with van der Waals surface area (Å²) in [6, 6.07) is -0.249. The van der Waals surface area contributed by atoms with Gasteiger partial charge in [-0.2, -0.15) is 0 Å². The first kappa shape index (κ1) is 15.3. The zero-order valence-corrected chi connectivity index (χ0v) is 10.2. The number of carboxylic acid groups (broad SMARTS) is 1. The fourth-order valence-electron chi connectivity index (χ4n) is 1.28. The van der Waals surface area contributed by atoms with Crippen molar-refractivity contribution in [3.8, 4) is 12.3 Å². The molecule has 0 aliphatic heterocycles. The Bertz CT molecular complexity index is 284. The zero-order chi connectivity index (χ0) is 13.1. The maximum absolute atomic E-state index is 11.4. The molecular weight excluding hydrogens is 220 g/mol. The smallest absolute Gasteiger partial charge is 0.315 e. The molecule has 0 radical (unpaired) electrons. The molecule has 0 bridgehead atoms. The number of hydrogen-bond donors (Lipinski definition) is 3. The van der Waals surface area contributed by atoms with Crippen LogP contribution in [0.2, 0.25) is 0 Å². The summed E-state index contributed by atoms with van der Waals surface area (Å²) in [5.74, 6) is 1.69. The molecule has 0 aromatic rings. The first-order chi connectivity index (χ1) is 8.10. The Kier molecular flexibility index (Phi) is 8.57. The van der Waals surface area contributed by atoms with Gasteiger partial charge in [-0.25, -0.2) is 4.79 Å². The topological polar surface area (TPSA) is 78.4 Å². The van der Waals surface area contributed by atoms with Crippen molar-refractivity contribution in [1.29, 1.82) is 0 Å². The number of urea groups is 1.